The molecule has 0 radical (unpaired) electrons. The zero-order chi connectivity index (χ0) is 9.56. The van der Waals surface area contributed by atoms with Crippen LogP contribution in [0.15, 0.2) is 0 Å². The van der Waals surface area contributed by atoms with E-state index in [1.807, 2.05) is 6.92 Å². The van der Waals surface area contributed by atoms with Gasteiger partial charge in [-0.25, -0.2) is 0 Å². The predicted molar refractivity (Wildman–Crippen MR) is 48.0 cm³/mol. The van der Waals surface area contributed by atoms with Gasteiger partial charge in [0.1, 0.15) is 0 Å². The van der Waals surface area contributed by atoms with E-state index in [0.717, 1.165) is 0 Å². The molecule has 0 aromatic carbocycles. The Bertz CT molecular complexity index is 137. The van der Waals surface area contributed by atoms with E-state index < -0.39 is 0 Å². The molecule has 0 aliphatic carbocycles. The number of nitrogens with zero attached hydrogens (tertiary/aromatic N) is 1. The molecule has 0 fully saturated rings. The second-order valence-electron chi connectivity index (χ2n) is 2.97. The Morgan fingerprint density at radius 2 is 2.17 bits per heavy atom. The van der Waals surface area contributed by atoms with Gasteiger partial charge in [0.05, 0.1) is 12.6 Å². The lowest BCUT2D eigenvalue weighted by molar-refractivity contribution is -0.127. The summed E-state index contributed by atoms with van der Waals surface area (Å²) in [6.07, 6.45) is 0.153. The van der Waals surface area contributed by atoms with Crippen LogP contribution >= 0.6 is 0 Å². The minimum atomic E-state index is 0.0818. The van der Waals surface area contributed by atoms with Gasteiger partial charge in [0.15, 0.2) is 0 Å². The molecule has 0 rings (SSSR count). The number of ether oxygens (including phenoxy) is 1. The third-order valence-electron chi connectivity index (χ3n) is 1.61. The Morgan fingerprint density at radius 1 is 1.58 bits per heavy atom. The fourth-order valence-electron chi connectivity index (χ4n) is 0.624. The standard InChI is InChI=1S/C8H18N2O2/c1-7(12-4)5-9-6-8(11)10(2)3/h7,9H,5-6H2,1-4H3. The summed E-state index contributed by atoms with van der Waals surface area (Å²) in [5.74, 6) is 0.0818. The van der Waals surface area contributed by atoms with Crippen molar-refractivity contribution in [2.75, 3.05) is 34.3 Å². The van der Waals surface area contributed by atoms with Crippen molar-refractivity contribution in [1.82, 2.24) is 10.2 Å². The summed E-state index contributed by atoms with van der Waals surface area (Å²) in [6.45, 7) is 3.03. The molecule has 0 saturated heterocycles. The average Bonchev–Trinajstić information content (AvgIpc) is 2.03. The molecule has 0 heterocycles. The van der Waals surface area contributed by atoms with Crippen LogP contribution in [0.5, 0.6) is 0 Å². The van der Waals surface area contributed by atoms with Crippen LogP contribution in [0.3, 0.4) is 0 Å². The second kappa shape index (κ2) is 5.97. The number of carbonyl (C=O) groups is 1. The highest BCUT2D eigenvalue weighted by Crippen LogP contribution is 1.83. The van der Waals surface area contributed by atoms with Crippen molar-refractivity contribution < 1.29 is 9.53 Å². The van der Waals surface area contributed by atoms with Gasteiger partial charge in [-0.05, 0) is 6.92 Å². The molecule has 0 aromatic heterocycles. The largest absolute Gasteiger partial charge is 0.380 e. The Kier molecular flexibility index (Phi) is 5.66. The molecule has 0 aromatic rings. The number of amides is 1. The van der Waals surface area contributed by atoms with E-state index >= 15 is 0 Å². The van der Waals surface area contributed by atoms with Gasteiger partial charge >= 0.3 is 0 Å². The first-order valence-corrected chi connectivity index (χ1v) is 4.01. The van der Waals surface area contributed by atoms with Crippen molar-refractivity contribution in [3.63, 3.8) is 0 Å². The molecule has 1 amide bonds. The normalized spacial score (nSPS) is 12.7. The summed E-state index contributed by atoms with van der Waals surface area (Å²) in [7, 11) is 5.13. The van der Waals surface area contributed by atoms with Crippen molar-refractivity contribution in [2.24, 2.45) is 0 Å². The SMILES string of the molecule is COC(C)CNCC(=O)N(C)C. The Morgan fingerprint density at radius 3 is 2.58 bits per heavy atom. The highest BCUT2D eigenvalue weighted by Gasteiger charge is 2.03. The zero-order valence-electron chi connectivity index (χ0n) is 8.26. The third-order valence-corrected chi connectivity index (χ3v) is 1.61. The zero-order valence-corrected chi connectivity index (χ0v) is 8.26. The predicted octanol–water partition coefficient (Wildman–Crippen LogP) is -0.301. The van der Waals surface area contributed by atoms with E-state index in [2.05, 4.69) is 5.32 Å². The number of hydrogen-bond donors (Lipinski definition) is 1. The average molecular weight is 174 g/mol. The molecule has 1 N–H and O–H groups in total. The summed E-state index contributed by atoms with van der Waals surface area (Å²) in [5.41, 5.74) is 0. The summed E-state index contributed by atoms with van der Waals surface area (Å²) in [6, 6.07) is 0. The third kappa shape index (κ3) is 5.09. The lowest BCUT2D eigenvalue weighted by Gasteiger charge is -2.13. The van der Waals surface area contributed by atoms with Gasteiger partial charge in [0.25, 0.3) is 0 Å². The van der Waals surface area contributed by atoms with Crippen molar-refractivity contribution >= 4 is 5.91 Å². The number of carbonyl (C=O) groups excluding carboxylic acids is 1. The fourth-order valence-corrected chi connectivity index (χ4v) is 0.624. The fraction of sp³-hybridized carbons (Fsp3) is 0.875. The van der Waals surface area contributed by atoms with Crippen LogP contribution in [0.4, 0.5) is 0 Å². The van der Waals surface area contributed by atoms with Crippen LogP contribution in [-0.2, 0) is 9.53 Å². The lowest BCUT2D eigenvalue weighted by atomic mass is 10.4. The molecule has 0 aliphatic rings. The maximum Gasteiger partial charge on any atom is 0.236 e. The van der Waals surface area contributed by atoms with Crippen LogP contribution in [0.1, 0.15) is 6.92 Å². The number of rotatable bonds is 5. The van der Waals surface area contributed by atoms with Crippen molar-refractivity contribution in [3.8, 4) is 0 Å². The summed E-state index contributed by atoms with van der Waals surface area (Å²) >= 11 is 0. The molecule has 0 aliphatic heterocycles. The Hall–Kier alpha value is -0.610. The van der Waals surface area contributed by atoms with Crippen LogP contribution in [0, 0.1) is 0 Å². The van der Waals surface area contributed by atoms with Crippen LogP contribution in [0.2, 0.25) is 0 Å². The monoisotopic (exact) mass is 174 g/mol. The molecule has 0 saturated carbocycles. The van der Waals surface area contributed by atoms with Crippen molar-refractivity contribution in [1.29, 1.82) is 0 Å². The molecule has 0 bridgehead atoms. The van der Waals surface area contributed by atoms with Gasteiger partial charge in [-0.2, -0.15) is 0 Å². The van der Waals surface area contributed by atoms with Crippen molar-refractivity contribution in [3.05, 3.63) is 0 Å². The summed E-state index contributed by atoms with van der Waals surface area (Å²) in [5, 5.41) is 3.00. The van der Waals surface area contributed by atoms with E-state index in [9.17, 15) is 4.79 Å². The van der Waals surface area contributed by atoms with Gasteiger partial charge in [0, 0.05) is 27.7 Å². The molecule has 1 atom stereocenters. The number of methoxy groups -OCH3 is 1. The molecular weight excluding hydrogens is 156 g/mol. The molecule has 1 unspecified atom stereocenters. The van der Waals surface area contributed by atoms with Crippen molar-refractivity contribution in [2.45, 2.75) is 13.0 Å². The van der Waals surface area contributed by atoms with Gasteiger partial charge < -0.3 is 15.0 Å². The topological polar surface area (TPSA) is 41.6 Å². The smallest absolute Gasteiger partial charge is 0.236 e. The molecule has 4 nitrogen and oxygen atoms in total. The maximum absolute atomic E-state index is 11.0. The first-order valence-electron chi connectivity index (χ1n) is 4.01. The van der Waals surface area contributed by atoms with Crippen LogP contribution in [0.25, 0.3) is 0 Å². The highest BCUT2D eigenvalue weighted by atomic mass is 16.5. The van der Waals surface area contributed by atoms with Gasteiger partial charge in [0.2, 0.25) is 5.91 Å². The number of hydrogen-bond acceptors (Lipinski definition) is 3. The molecule has 12 heavy (non-hydrogen) atoms. The van der Waals surface area contributed by atoms with E-state index in [0.29, 0.717) is 13.1 Å². The quantitative estimate of drug-likeness (QED) is 0.622. The van der Waals surface area contributed by atoms with Gasteiger partial charge in [-0.15, -0.1) is 0 Å². The van der Waals surface area contributed by atoms with Crippen LogP contribution < -0.4 is 5.32 Å². The van der Waals surface area contributed by atoms with E-state index in [4.69, 9.17) is 4.74 Å². The highest BCUT2D eigenvalue weighted by molar-refractivity contribution is 5.77. The van der Waals surface area contributed by atoms with Crippen LogP contribution in [-0.4, -0.2) is 51.2 Å². The molecule has 0 spiro atoms. The minimum absolute atomic E-state index is 0.0818. The first kappa shape index (κ1) is 11.4. The van der Waals surface area contributed by atoms with Gasteiger partial charge in [-0.1, -0.05) is 0 Å². The molecule has 4 heteroatoms. The molecular formula is C8H18N2O2. The van der Waals surface area contributed by atoms with E-state index in [-0.39, 0.29) is 12.0 Å². The van der Waals surface area contributed by atoms with E-state index in [1.54, 1.807) is 26.1 Å². The molecule has 72 valence electrons. The minimum Gasteiger partial charge on any atom is -0.380 e. The maximum atomic E-state index is 11.0. The van der Waals surface area contributed by atoms with E-state index in [1.165, 1.54) is 0 Å². The second-order valence-corrected chi connectivity index (χ2v) is 2.97. The summed E-state index contributed by atoms with van der Waals surface area (Å²) in [4.78, 5) is 12.6. The Labute approximate surface area is 73.9 Å². The van der Waals surface area contributed by atoms with Gasteiger partial charge in [-0.3, -0.25) is 4.79 Å². The lowest BCUT2D eigenvalue weighted by Crippen LogP contribution is -2.36. The number of nitrogens with one attached hydrogen (secondary N) is 1. The number of likely N-dealkylation sites (N-methyl/N-ethyl adjacent to an activating group) is 1. The first-order chi connectivity index (χ1) is 5.57. The summed E-state index contributed by atoms with van der Waals surface area (Å²) < 4.78 is 5.01. The Balaban J connectivity index is 3.37.